The van der Waals surface area contributed by atoms with Gasteiger partial charge in [-0.1, -0.05) is 0 Å². The fourth-order valence-corrected chi connectivity index (χ4v) is 2.02. The van der Waals surface area contributed by atoms with E-state index in [0.717, 1.165) is 12.1 Å². The van der Waals surface area contributed by atoms with Gasteiger partial charge in [-0.25, -0.2) is 4.79 Å². The predicted octanol–water partition coefficient (Wildman–Crippen LogP) is 2.79. The number of carbonyl (C=O) groups is 1. The molecule has 2 rings (SSSR count). The van der Waals surface area contributed by atoms with E-state index in [-0.39, 0.29) is 23.8 Å². The van der Waals surface area contributed by atoms with Crippen LogP contribution in [0.3, 0.4) is 0 Å². The maximum atomic E-state index is 11.1. The Labute approximate surface area is 140 Å². The zero-order valence-corrected chi connectivity index (χ0v) is 12.9. The molecule has 0 bridgehead atoms. The van der Waals surface area contributed by atoms with Gasteiger partial charge in [0, 0.05) is 18.2 Å². The Kier molecular flexibility index (Phi) is 5.12. The molecule has 0 saturated carbocycles. The monoisotopic (exact) mass is 348 g/mol. The van der Waals surface area contributed by atoms with Gasteiger partial charge >= 0.3 is 5.97 Å². The summed E-state index contributed by atoms with van der Waals surface area (Å²) in [5.41, 5.74) is -0.656. The molecular formula is C15H12N2O8. The van der Waals surface area contributed by atoms with Crippen LogP contribution in [-0.2, 0) is 6.61 Å². The molecule has 0 saturated heterocycles. The molecule has 10 nitrogen and oxygen atoms in total. The van der Waals surface area contributed by atoms with E-state index >= 15 is 0 Å². The van der Waals surface area contributed by atoms with Crippen LogP contribution >= 0.6 is 0 Å². The Morgan fingerprint density at radius 1 is 1.08 bits per heavy atom. The van der Waals surface area contributed by atoms with Crippen LogP contribution in [0.4, 0.5) is 11.4 Å². The van der Waals surface area contributed by atoms with E-state index in [1.165, 1.54) is 31.4 Å². The van der Waals surface area contributed by atoms with E-state index in [2.05, 4.69) is 0 Å². The highest BCUT2D eigenvalue weighted by Crippen LogP contribution is 2.35. The number of nitro benzene ring substituents is 2. The van der Waals surface area contributed by atoms with Gasteiger partial charge in [0.05, 0.1) is 23.0 Å². The van der Waals surface area contributed by atoms with Crippen LogP contribution in [0, 0.1) is 20.2 Å². The zero-order chi connectivity index (χ0) is 18.6. The van der Waals surface area contributed by atoms with Crippen LogP contribution in [0.5, 0.6) is 11.5 Å². The normalized spacial score (nSPS) is 10.1. The number of aromatic carboxylic acids is 1. The fraction of sp³-hybridized carbons (Fsp3) is 0.133. The standard InChI is InChI=1S/C15H12N2O8/c1-24-13-6-11(15(18)19)12(17(22)23)7-14(13)25-8-9-2-4-10(5-3-9)16(20)21/h2-7H,8H2,1H3,(H,18,19). The first-order valence-electron chi connectivity index (χ1n) is 6.79. The maximum Gasteiger partial charge on any atom is 0.342 e. The number of methoxy groups -OCH3 is 1. The summed E-state index contributed by atoms with van der Waals surface area (Å²) in [6, 6.07) is 7.52. The van der Waals surface area contributed by atoms with E-state index in [1.807, 2.05) is 0 Å². The Morgan fingerprint density at radius 2 is 1.72 bits per heavy atom. The third kappa shape index (κ3) is 3.99. The van der Waals surface area contributed by atoms with Gasteiger partial charge in [0.25, 0.3) is 11.4 Å². The SMILES string of the molecule is COc1cc(C(=O)O)c([N+](=O)[O-])cc1OCc1ccc([N+](=O)[O-])cc1. The van der Waals surface area contributed by atoms with Crippen molar-refractivity contribution < 1.29 is 29.2 Å². The summed E-state index contributed by atoms with van der Waals surface area (Å²) >= 11 is 0. The number of benzene rings is 2. The Bertz CT molecular complexity index is 832. The predicted molar refractivity (Wildman–Crippen MR) is 84.0 cm³/mol. The highest BCUT2D eigenvalue weighted by molar-refractivity contribution is 5.93. The van der Waals surface area contributed by atoms with Gasteiger partial charge in [0.1, 0.15) is 12.2 Å². The first-order chi connectivity index (χ1) is 11.8. The highest BCUT2D eigenvalue weighted by Gasteiger charge is 2.24. The van der Waals surface area contributed by atoms with E-state index in [1.54, 1.807) is 0 Å². The topological polar surface area (TPSA) is 142 Å². The van der Waals surface area contributed by atoms with Gasteiger partial charge in [-0.2, -0.15) is 0 Å². The smallest absolute Gasteiger partial charge is 0.342 e. The number of nitro groups is 2. The molecule has 0 radical (unpaired) electrons. The molecule has 0 aliphatic heterocycles. The Balaban J connectivity index is 2.29. The van der Waals surface area contributed by atoms with Gasteiger partial charge in [0.15, 0.2) is 11.5 Å². The Morgan fingerprint density at radius 3 is 2.20 bits per heavy atom. The van der Waals surface area contributed by atoms with Crippen LogP contribution in [0.25, 0.3) is 0 Å². The maximum absolute atomic E-state index is 11.1. The molecule has 0 aromatic heterocycles. The molecule has 0 heterocycles. The number of carboxylic acid groups (broad SMARTS) is 1. The highest BCUT2D eigenvalue weighted by atomic mass is 16.6. The van der Waals surface area contributed by atoms with Gasteiger partial charge in [-0.05, 0) is 17.7 Å². The molecular weight excluding hydrogens is 336 g/mol. The summed E-state index contributed by atoms with van der Waals surface area (Å²) in [5.74, 6) is -1.46. The summed E-state index contributed by atoms with van der Waals surface area (Å²) in [6.07, 6.45) is 0. The molecule has 0 atom stereocenters. The van der Waals surface area contributed by atoms with E-state index in [9.17, 15) is 25.0 Å². The van der Waals surface area contributed by atoms with Crippen molar-refractivity contribution in [2.45, 2.75) is 6.61 Å². The second-order valence-electron chi connectivity index (χ2n) is 4.79. The van der Waals surface area contributed by atoms with Crippen molar-refractivity contribution >= 4 is 17.3 Å². The lowest BCUT2D eigenvalue weighted by Gasteiger charge is -2.11. The first kappa shape index (κ1) is 17.7. The van der Waals surface area contributed by atoms with Crippen molar-refractivity contribution in [3.05, 3.63) is 67.8 Å². The van der Waals surface area contributed by atoms with Crippen molar-refractivity contribution in [3.63, 3.8) is 0 Å². The van der Waals surface area contributed by atoms with Crippen LogP contribution in [-0.4, -0.2) is 28.0 Å². The lowest BCUT2D eigenvalue weighted by atomic mass is 10.1. The van der Waals surface area contributed by atoms with Crippen molar-refractivity contribution in [2.24, 2.45) is 0 Å². The average Bonchev–Trinajstić information content (AvgIpc) is 2.59. The molecule has 0 fully saturated rings. The third-order valence-corrected chi connectivity index (χ3v) is 3.25. The summed E-state index contributed by atoms with van der Waals surface area (Å²) in [6.45, 7) is -0.0437. The number of hydrogen-bond donors (Lipinski definition) is 1. The second-order valence-corrected chi connectivity index (χ2v) is 4.79. The largest absolute Gasteiger partial charge is 0.493 e. The molecule has 2 aromatic rings. The van der Waals surface area contributed by atoms with Crippen molar-refractivity contribution in [3.8, 4) is 11.5 Å². The number of carboxylic acids is 1. The number of nitrogens with zero attached hydrogens (tertiary/aromatic N) is 2. The lowest BCUT2D eigenvalue weighted by Crippen LogP contribution is -2.05. The van der Waals surface area contributed by atoms with Gasteiger partial charge in [-0.3, -0.25) is 20.2 Å². The molecule has 130 valence electrons. The number of hydrogen-bond acceptors (Lipinski definition) is 7. The first-order valence-corrected chi connectivity index (χ1v) is 6.79. The number of non-ortho nitro benzene ring substituents is 1. The molecule has 0 aliphatic rings. The van der Waals surface area contributed by atoms with Crippen molar-refractivity contribution in [1.82, 2.24) is 0 Å². The van der Waals surface area contributed by atoms with Crippen molar-refractivity contribution in [2.75, 3.05) is 7.11 Å². The fourth-order valence-electron chi connectivity index (χ4n) is 2.02. The summed E-state index contributed by atoms with van der Waals surface area (Å²) in [7, 11) is 1.27. The molecule has 2 aromatic carbocycles. The number of ether oxygens (including phenoxy) is 2. The molecule has 1 N–H and O–H groups in total. The minimum absolute atomic E-state index is 0.0162. The van der Waals surface area contributed by atoms with Crippen LogP contribution in [0.1, 0.15) is 15.9 Å². The number of rotatable bonds is 7. The molecule has 0 amide bonds. The van der Waals surface area contributed by atoms with Crippen molar-refractivity contribution in [1.29, 1.82) is 0 Å². The van der Waals surface area contributed by atoms with E-state index < -0.39 is 27.1 Å². The molecule has 25 heavy (non-hydrogen) atoms. The minimum Gasteiger partial charge on any atom is -0.493 e. The molecule has 0 spiro atoms. The second kappa shape index (κ2) is 7.25. The van der Waals surface area contributed by atoms with Gasteiger partial charge in [0.2, 0.25) is 0 Å². The van der Waals surface area contributed by atoms with Crippen LogP contribution in [0.2, 0.25) is 0 Å². The van der Waals surface area contributed by atoms with E-state index in [0.29, 0.717) is 5.56 Å². The van der Waals surface area contributed by atoms with Gasteiger partial charge < -0.3 is 14.6 Å². The zero-order valence-electron chi connectivity index (χ0n) is 12.9. The molecule has 10 heteroatoms. The molecule has 0 unspecified atom stereocenters. The van der Waals surface area contributed by atoms with Crippen LogP contribution in [0.15, 0.2) is 36.4 Å². The third-order valence-electron chi connectivity index (χ3n) is 3.25. The lowest BCUT2D eigenvalue weighted by molar-refractivity contribution is -0.385. The summed E-state index contributed by atoms with van der Waals surface area (Å²) in [5, 5.41) is 30.7. The van der Waals surface area contributed by atoms with Crippen LogP contribution < -0.4 is 9.47 Å². The average molecular weight is 348 g/mol. The quantitative estimate of drug-likeness (QED) is 0.594. The van der Waals surface area contributed by atoms with Gasteiger partial charge in [-0.15, -0.1) is 0 Å². The molecule has 0 aliphatic carbocycles. The Hall–Kier alpha value is -3.69. The summed E-state index contributed by atoms with van der Waals surface area (Å²) < 4.78 is 10.5. The summed E-state index contributed by atoms with van der Waals surface area (Å²) in [4.78, 5) is 31.4. The van der Waals surface area contributed by atoms with E-state index in [4.69, 9.17) is 14.6 Å². The minimum atomic E-state index is -1.47.